The molecule has 1 heterocycles. The molecule has 0 fully saturated rings. The number of rotatable bonds is 6. The Kier molecular flexibility index (Phi) is 5.53. The van der Waals surface area contributed by atoms with Crippen molar-refractivity contribution in [2.75, 3.05) is 6.61 Å². The maximum absolute atomic E-state index is 13.4. The molecule has 1 aromatic heterocycles. The van der Waals surface area contributed by atoms with Gasteiger partial charge < -0.3 is 9.15 Å². The van der Waals surface area contributed by atoms with Gasteiger partial charge in [0, 0.05) is 17.0 Å². The van der Waals surface area contributed by atoms with Gasteiger partial charge in [0.15, 0.2) is 0 Å². The Labute approximate surface area is 162 Å². The van der Waals surface area contributed by atoms with Gasteiger partial charge in [-0.25, -0.2) is 22.3 Å². The molecule has 0 saturated carbocycles. The molecule has 0 aliphatic rings. The first-order valence-electron chi connectivity index (χ1n) is 8.71. The van der Waals surface area contributed by atoms with Gasteiger partial charge in [-0.1, -0.05) is 12.1 Å². The van der Waals surface area contributed by atoms with E-state index in [1.807, 2.05) is 0 Å². The number of sulfonamides is 1. The Hall–Kier alpha value is -2.71. The third-order valence-electron chi connectivity index (χ3n) is 4.36. The van der Waals surface area contributed by atoms with Gasteiger partial charge >= 0.3 is 5.97 Å². The van der Waals surface area contributed by atoms with Gasteiger partial charge in [0.1, 0.15) is 11.4 Å². The summed E-state index contributed by atoms with van der Waals surface area (Å²) >= 11 is 0. The number of fused-ring (bicyclic) bond motifs is 1. The van der Waals surface area contributed by atoms with Crippen LogP contribution in [0.25, 0.3) is 11.0 Å². The predicted octanol–water partition coefficient (Wildman–Crippen LogP) is 4.10. The van der Waals surface area contributed by atoms with Crippen LogP contribution in [-0.4, -0.2) is 21.0 Å². The van der Waals surface area contributed by atoms with Crippen molar-refractivity contribution in [1.29, 1.82) is 0 Å². The molecule has 1 unspecified atom stereocenters. The minimum Gasteiger partial charge on any atom is -0.460 e. The standard InChI is InChI=1S/C20H20FNO5S/c1-4-26-20(23)19-12(2)17-11-16(8-9-18(17)27-19)28(24,25)22-13(3)14-6-5-7-15(21)10-14/h5-11,13,22H,4H2,1-3H3. The van der Waals surface area contributed by atoms with Gasteiger partial charge in [0.25, 0.3) is 0 Å². The lowest BCUT2D eigenvalue weighted by molar-refractivity contribution is 0.0491. The minimum atomic E-state index is -3.88. The molecule has 28 heavy (non-hydrogen) atoms. The average Bonchev–Trinajstić information content (AvgIpc) is 2.98. The van der Waals surface area contributed by atoms with Crippen molar-refractivity contribution in [3.05, 3.63) is 65.2 Å². The number of furan rings is 1. The van der Waals surface area contributed by atoms with E-state index < -0.39 is 27.9 Å². The van der Waals surface area contributed by atoms with Crippen LogP contribution in [0.3, 0.4) is 0 Å². The average molecular weight is 405 g/mol. The summed E-state index contributed by atoms with van der Waals surface area (Å²) in [5, 5.41) is 0.504. The first-order valence-corrected chi connectivity index (χ1v) is 10.2. The number of halogens is 1. The van der Waals surface area contributed by atoms with Crippen molar-refractivity contribution < 1.29 is 26.8 Å². The fraction of sp³-hybridized carbons (Fsp3) is 0.250. The molecule has 0 amide bonds. The van der Waals surface area contributed by atoms with E-state index in [1.54, 1.807) is 26.8 Å². The van der Waals surface area contributed by atoms with Crippen LogP contribution in [0.4, 0.5) is 4.39 Å². The Morgan fingerprint density at radius 2 is 2.00 bits per heavy atom. The van der Waals surface area contributed by atoms with Crippen molar-refractivity contribution in [3.8, 4) is 0 Å². The zero-order chi connectivity index (χ0) is 20.5. The lowest BCUT2D eigenvalue weighted by atomic mass is 10.1. The molecule has 0 radical (unpaired) electrons. The highest BCUT2D eigenvalue weighted by Gasteiger charge is 2.23. The van der Waals surface area contributed by atoms with Crippen molar-refractivity contribution in [2.24, 2.45) is 0 Å². The highest BCUT2D eigenvalue weighted by Crippen LogP contribution is 2.29. The smallest absolute Gasteiger partial charge is 0.374 e. The fourth-order valence-corrected chi connectivity index (χ4v) is 4.16. The van der Waals surface area contributed by atoms with Gasteiger partial charge in [-0.15, -0.1) is 0 Å². The summed E-state index contributed by atoms with van der Waals surface area (Å²) in [4.78, 5) is 12.0. The molecule has 0 aliphatic heterocycles. The molecule has 148 valence electrons. The first kappa shape index (κ1) is 20.0. The van der Waals surface area contributed by atoms with Crippen molar-refractivity contribution in [2.45, 2.75) is 31.7 Å². The van der Waals surface area contributed by atoms with E-state index in [4.69, 9.17) is 9.15 Å². The van der Waals surface area contributed by atoms with Crippen LogP contribution in [-0.2, 0) is 14.8 Å². The summed E-state index contributed by atoms with van der Waals surface area (Å²) in [7, 11) is -3.88. The number of carbonyl (C=O) groups excluding carboxylic acids is 1. The maximum Gasteiger partial charge on any atom is 0.374 e. The highest BCUT2D eigenvalue weighted by atomic mass is 32.2. The van der Waals surface area contributed by atoms with Gasteiger partial charge in [-0.2, -0.15) is 0 Å². The third kappa shape index (κ3) is 3.93. The molecular weight excluding hydrogens is 385 g/mol. The van der Waals surface area contributed by atoms with E-state index in [0.717, 1.165) is 0 Å². The zero-order valence-electron chi connectivity index (χ0n) is 15.7. The van der Waals surface area contributed by atoms with Crippen LogP contribution in [0.1, 0.15) is 41.6 Å². The van der Waals surface area contributed by atoms with Gasteiger partial charge in [-0.3, -0.25) is 0 Å². The molecule has 1 atom stereocenters. The van der Waals surface area contributed by atoms with Gasteiger partial charge in [0.05, 0.1) is 11.5 Å². The number of nitrogens with one attached hydrogen (secondary N) is 1. The number of benzene rings is 2. The maximum atomic E-state index is 13.4. The van der Waals surface area contributed by atoms with Gasteiger partial charge in [-0.05, 0) is 56.7 Å². The SMILES string of the molecule is CCOC(=O)c1oc2ccc(S(=O)(=O)NC(C)c3cccc(F)c3)cc2c1C. The molecule has 3 aromatic rings. The molecule has 0 spiro atoms. The van der Waals surface area contributed by atoms with E-state index >= 15 is 0 Å². The van der Waals surface area contributed by atoms with Crippen molar-refractivity contribution in [3.63, 3.8) is 0 Å². The Bertz CT molecular complexity index is 1140. The second-order valence-electron chi connectivity index (χ2n) is 6.33. The quantitative estimate of drug-likeness (QED) is 0.624. The minimum absolute atomic E-state index is 0.0163. The molecule has 2 aromatic carbocycles. The van der Waals surface area contributed by atoms with Gasteiger partial charge in [0.2, 0.25) is 15.8 Å². The number of esters is 1. The Morgan fingerprint density at radius 3 is 2.68 bits per heavy atom. The monoisotopic (exact) mass is 405 g/mol. The van der Waals surface area contributed by atoms with E-state index in [2.05, 4.69) is 4.72 Å². The lowest BCUT2D eigenvalue weighted by Gasteiger charge is -2.15. The second kappa shape index (κ2) is 7.73. The molecular formula is C20H20FNO5S. The Balaban J connectivity index is 1.93. The van der Waals surface area contributed by atoms with Crippen LogP contribution in [0.15, 0.2) is 51.8 Å². The molecule has 1 N–H and O–H groups in total. The summed E-state index contributed by atoms with van der Waals surface area (Å²) in [5.74, 6) is -0.989. The second-order valence-corrected chi connectivity index (χ2v) is 8.05. The van der Waals surface area contributed by atoms with Crippen LogP contribution in [0, 0.1) is 12.7 Å². The van der Waals surface area contributed by atoms with Crippen molar-refractivity contribution in [1.82, 2.24) is 4.72 Å². The normalized spacial score (nSPS) is 12.9. The third-order valence-corrected chi connectivity index (χ3v) is 5.90. The number of ether oxygens (including phenoxy) is 1. The Morgan fingerprint density at radius 1 is 1.25 bits per heavy atom. The topological polar surface area (TPSA) is 85.6 Å². The van der Waals surface area contributed by atoms with Crippen LogP contribution < -0.4 is 4.72 Å². The van der Waals surface area contributed by atoms with E-state index in [0.29, 0.717) is 22.1 Å². The number of hydrogen-bond acceptors (Lipinski definition) is 5. The molecule has 6 nitrogen and oxygen atoms in total. The molecule has 0 saturated heterocycles. The largest absolute Gasteiger partial charge is 0.460 e. The molecule has 3 rings (SSSR count). The van der Waals surface area contributed by atoms with Crippen LogP contribution in [0.5, 0.6) is 0 Å². The van der Waals surface area contributed by atoms with Crippen LogP contribution in [0.2, 0.25) is 0 Å². The van der Waals surface area contributed by atoms with Crippen LogP contribution >= 0.6 is 0 Å². The summed E-state index contributed by atoms with van der Waals surface area (Å²) in [6, 6.07) is 9.43. The molecule has 0 bridgehead atoms. The van der Waals surface area contributed by atoms with E-state index in [1.165, 1.54) is 36.4 Å². The number of aryl methyl sites for hydroxylation is 1. The summed E-state index contributed by atoms with van der Waals surface area (Å²) in [6.45, 7) is 5.19. The predicted molar refractivity (Wildman–Crippen MR) is 102 cm³/mol. The summed E-state index contributed by atoms with van der Waals surface area (Å²) in [5.41, 5.74) is 1.40. The van der Waals surface area contributed by atoms with Crippen molar-refractivity contribution >= 4 is 27.0 Å². The fourth-order valence-electron chi connectivity index (χ4n) is 2.90. The molecule has 0 aliphatic carbocycles. The molecule has 8 heteroatoms. The van der Waals surface area contributed by atoms with E-state index in [9.17, 15) is 17.6 Å². The summed E-state index contributed by atoms with van der Waals surface area (Å²) < 4.78 is 51.9. The highest BCUT2D eigenvalue weighted by molar-refractivity contribution is 7.89. The number of hydrogen-bond donors (Lipinski definition) is 1. The van der Waals surface area contributed by atoms with E-state index in [-0.39, 0.29) is 17.3 Å². The summed E-state index contributed by atoms with van der Waals surface area (Å²) in [6.07, 6.45) is 0. The first-order chi connectivity index (χ1) is 13.2. The number of carbonyl (C=O) groups is 1. The zero-order valence-corrected chi connectivity index (χ0v) is 16.5. The lowest BCUT2D eigenvalue weighted by Crippen LogP contribution is -2.26.